The number of hydrogen-bond donors (Lipinski definition) is 5. The molecular weight excluding hydrogens is 854 g/mol. The van der Waals surface area contributed by atoms with Crippen LogP contribution in [0.5, 0.6) is 0 Å². The zero-order valence-electron chi connectivity index (χ0n) is 40.3. The number of ketones is 1. The van der Waals surface area contributed by atoms with Gasteiger partial charge in [-0.1, -0.05) is 186 Å². The second-order valence-electron chi connectivity index (χ2n) is 18.1. The summed E-state index contributed by atoms with van der Waals surface area (Å²) in [5.41, 5.74) is 5.34. The van der Waals surface area contributed by atoms with Crippen molar-refractivity contribution in [2.24, 2.45) is 17.6 Å². The molecule has 1 saturated carbocycles. The molecule has 7 atom stereocenters. The number of aliphatic hydroxyl groups excluding tert-OH is 2. The molecule has 0 aliphatic heterocycles. The number of aliphatic hydroxyl groups is 2. The molecule has 378 valence electrons. The average Bonchev–Trinajstić information content (AvgIpc) is 3.54. The minimum atomic E-state index is -4.78. The van der Waals surface area contributed by atoms with E-state index in [4.69, 9.17) is 24.8 Å². The number of allylic oxidation sites excluding steroid dienone is 2. The lowest BCUT2D eigenvalue weighted by Gasteiger charge is -2.20. The standard InChI is InChI=1S/C50H90NO13P/c1-3-5-7-8-9-10-11-12-13-14-15-16-17-18-19-20-21-22-23-24-30-34-49(56)64-42(39-62-65(59,60)63-40-45(51)50(57)58)38-61-48(55)33-29-26-25-28-32-43-44(47(54)37-46(43)53)36-35-41(52)31-27-6-4-2/h25,28,35-36,41-45,47,52,54H,3-24,26-27,29-34,37-40,51H2,1-2H3,(H,57,58)(H,59,60)/b28-25-,36-35+/t41-,42+,43+,44+,45-,47+/m0/s1. The summed E-state index contributed by atoms with van der Waals surface area (Å²) in [4.78, 5) is 58.9. The molecule has 0 aromatic carbocycles. The molecule has 6 N–H and O–H groups in total. The van der Waals surface area contributed by atoms with Crippen LogP contribution in [0, 0.1) is 11.8 Å². The Morgan fingerprint density at radius 3 is 1.74 bits per heavy atom. The normalized spacial score (nSPS) is 18.9. The van der Waals surface area contributed by atoms with Crippen LogP contribution in [-0.2, 0) is 42.3 Å². The van der Waals surface area contributed by atoms with Gasteiger partial charge in [0.15, 0.2) is 6.10 Å². The predicted molar refractivity (Wildman–Crippen MR) is 255 cm³/mol. The average molecular weight is 944 g/mol. The van der Waals surface area contributed by atoms with Crippen LogP contribution < -0.4 is 5.73 Å². The molecule has 1 aliphatic rings. The highest BCUT2D eigenvalue weighted by atomic mass is 31.2. The molecule has 15 heteroatoms. The molecule has 0 aromatic heterocycles. The number of esters is 2. The number of Topliss-reactive ketones (excluding diaryl/α,β-unsaturated/α-hetero) is 1. The van der Waals surface area contributed by atoms with E-state index in [0.717, 1.165) is 38.5 Å². The maximum absolute atomic E-state index is 12.7. The van der Waals surface area contributed by atoms with Gasteiger partial charge in [-0.25, -0.2) is 4.57 Å². The fourth-order valence-electron chi connectivity index (χ4n) is 7.99. The first-order valence-corrected chi connectivity index (χ1v) is 27.0. The number of unbranched alkanes of at least 4 members (excludes halogenated alkanes) is 23. The van der Waals surface area contributed by atoms with E-state index in [2.05, 4.69) is 18.4 Å². The van der Waals surface area contributed by atoms with Gasteiger partial charge in [0.1, 0.15) is 18.4 Å². The van der Waals surface area contributed by atoms with Crippen LogP contribution in [-0.4, -0.2) is 88.1 Å². The Kier molecular flexibility index (Phi) is 36.8. The Balaban J connectivity index is 2.38. The summed E-state index contributed by atoms with van der Waals surface area (Å²) < 4.78 is 32.8. The second kappa shape index (κ2) is 39.5. The van der Waals surface area contributed by atoms with Gasteiger partial charge in [0.2, 0.25) is 0 Å². The molecular formula is C50H90NO13P. The summed E-state index contributed by atoms with van der Waals surface area (Å²) in [5, 5.41) is 29.6. The number of phosphoric ester groups is 1. The van der Waals surface area contributed by atoms with Crippen molar-refractivity contribution >= 4 is 31.5 Å². The molecule has 1 fully saturated rings. The lowest BCUT2D eigenvalue weighted by molar-refractivity contribution is -0.161. The van der Waals surface area contributed by atoms with Crippen LogP contribution in [0.25, 0.3) is 0 Å². The number of phosphoric acid groups is 1. The summed E-state index contributed by atoms with van der Waals surface area (Å²) in [6, 6.07) is -1.56. The van der Waals surface area contributed by atoms with E-state index in [1.165, 1.54) is 109 Å². The monoisotopic (exact) mass is 944 g/mol. The summed E-state index contributed by atoms with van der Waals surface area (Å²) in [6.45, 7) is 2.47. The molecule has 0 aromatic rings. The summed E-state index contributed by atoms with van der Waals surface area (Å²) in [6.07, 6.45) is 36.1. The molecule has 1 rings (SSSR count). The van der Waals surface area contributed by atoms with Crippen LogP contribution in [0.1, 0.15) is 213 Å². The number of aliphatic carboxylic acids is 1. The van der Waals surface area contributed by atoms with Crippen molar-refractivity contribution in [3.8, 4) is 0 Å². The maximum Gasteiger partial charge on any atom is 0.472 e. The molecule has 0 spiro atoms. The van der Waals surface area contributed by atoms with E-state index < -0.39 is 69.9 Å². The number of ether oxygens (including phenoxy) is 2. The van der Waals surface area contributed by atoms with Crippen molar-refractivity contribution in [1.29, 1.82) is 0 Å². The van der Waals surface area contributed by atoms with E-state index in [-0.39, 0.29) is 36.9 Å². The van der Waals surface area contributed by atoms with Crippen LogP contribution >= 0.6 is 7.82 Å². The maximum atomic E-state index is 12.7. The van der Waals surface area contributed by atoms with E-state index >= 15 is 0 Å². The Bertz CT molecular complexity index is 1360. The summed E-state index contributed by atoms with van der Waals surface area (Å²) >= 11 is 0. The van der Waals surface area contributed by atoms with Gasteiger partial charge in [-0.3, -0.25) is 28.2 Å². The topological polar surface area (TPSA) is 229 Å². The lowest BCUT2D eigenvalue weighted by Crippen LogP contribution is -2.34. The van der Waals surface area contributed by atoms with Gasteiger partial charge < -0.3 is 35.4 Å². The molecule has 0 bridgehead atoms. The first-order valence-electron chi connectivity index (χ1n) is 25.5. The number of carbonyl (C=O) groups is 4. The number of nitrogens with two attached hydrogens (primary N) is 1. The fraction of sp³-hybridized carbons (Fsp3) is 0.840. The van der Waals surface area contributed by atoms with E-state index in [1.54, 1.807) is 12.2 Å². The highest BCUT2D eigenvalue weighted by molar-refractivity contribution is 7.47. The molecule has 14 nitrogen and oxygen atoms in total. The first kappa shape index (κ1) is 60.6. The van der Waals surface area contributed by atoms with Crippen molar-refractivity contribution in [2.75, 3.05) is 19.8 Å². The molecule has 1 aliphatic carbocycles. The molecule has 0 radical (unpaired) electrons. The van der Waals surface area contributed by atoms with Crippen molar-refractivity contribution < 1.29 is 62.5 Å². The van der Waals surface area contributed by atoms with Gasteiger partial charge in [0, 0.05) is 31.1 Å². The molecule has 0 amide bonds. The van der Waals surface area contributed by atoms with Crippen molar-refractivity contribution in [3.05, 3.63) is 24.3 Å². The van der Waals surface area contributed by atoms with Gasteiger partial charge >= 0.3 is 25.7 Å². The van der Waals surface area contributed by atoms with E-state index in [1.807, 2.05) is 12.2 Å². The fourth-order valence-corrected chi connectivity index (χ4v) is 8.77. The Hall–Kier alpha value is -2.45. The van der Waals surface area contributed by atoms with Crippen LogP contribution in [0.2, 0.25) is 0 Å². The van der Waals surface area contributed by atoms with Crippen molar-refractivity contribution in [1.82, 2.24) is 0 Å². The largest absolute Gasteiger partial charge is 0.480 e. The van der Waals surface area contributed by atoms with Gasteiger partial charge in [-0.2, -0.15) is 0 Å². The number of carbonyl (C=O) groups excluding carboxylic acids is 3. The Morgan fingerprint density at radius 2 is 1.20 bits per heavy atom. The van der Waals surface area contributed by atoms with Crippen LogP contribution in [0.4, 0.5) is 0 Å². The SMILES string of the molecule is CCCCCCCCCCCCCCCCCCCCCCCC(=O)O[C@H](COC(=O)CCC/C=C\C[C@H]1C(=O)C[C@@H](O)[C@@H]1/C=C/[C@@H](O)CCCCC)COP(=O)(O)OC[C@H](N)C(=O)O. The quantitative estimate of drug-likeness (QED) is 0.0166. The summed E-state index contributed by atoms with van der Waals surface area (Å²) in [5.74, 6) is -3.38. The third-order valence-corrected chi connectivity index (χ3v) is 13.0. The molecule has 1 unspecified atom stereocenters. The molecule has 65 heavy (non-hydrogen) atoms. The van der Waals surface area contributed by atoms with E-state index in [9.17, 15) is 38.8 Å². The minimum Gasteiger partial charge on any atom is -0.480 e. The van der Waals surface area contributed by atoms with Gasteiger partial charge in [0.25, 0.3) is 0 Å². The van der Waals surface area contributed by atoms with Crippen LogP contribution in [0.3, 0.4) is 0 Å². The Labute approximate surface area is 391 Å². The third-order valence-electron chi connectivity index (χ3n) is 12.1. The second-order valence-corrected chi connectivity index (χ2v) is 19.5. The minimum absolute atomic E-state index is 0.0241. The van der Waals surface area contributed by atoms with E-state index in [0.29, 0.717) is 32.1 Å². The lowest BCUT2D eigenvalue weighted by atomic mass is 9.90. The van der Waals surface area contributed by atoms with Crippen molar-refractivity contribution in [2.45, 2.75) is 237 Å². The molecule has 0 saturated heterocycles. The van der Waals surface area contributed by atoms with Gasteiger partial charge in [-0.15, -0.1) is 0 Å². The number of carboxylic acids is 1. The molecule has 0 heterocycles. The predicted octanol–water partition coefficient (Wildman–Crippen LogP) is 10.8. The highest BCUT2D eigenvalue weighted by Crippen LogP contribution is 2.43. The number of carboxylic acid groups (broad SMARTS) is 1. The first-order chi connectivity index (χ1) is 31.3. The van der Waals surface area contributed by atoms with Gasteiger partial charge in [0.05, 0.1) is 25.4 Å². The number of hydrogen-bond acceptors (Lipinski definition) is 12. The highest BCUT2D eigenvalue weighted by Gasteiger charge is 2.39. The number of rotatable bonds is 44. The zero-order chi connectivity index (χ0) is 48.0. The van der Waals surface area contributed by atoms with Crippen molar-refractivity contribution in [3.63, 3.8) is 0 Å². The Morgan fingerprint density at radius 1 is 0.708 bits per heavy atom. The van der Waals surface area contributed by atoms with Gasteiger partial charge in [-0.05, 0) is 32.1 Å². The summed E-state index contributed by atoms with van der Waals surface area (Å²) in [7, 11) is -4.78. The van der Waals surface area contributed by atoms with Crippen LogP contribution in [0.15, 0.2) is 24.3 Å². The smallest absolute Gasteiger partial charge is 0.472 e. The third kappa shape index (κ3) is 33.6. The zero-order valence-corrected chi connectivity index (χ0v) is 41.2.